The molecule has 1 amide bonds. The molecule has 24 heavy (non-hydrogen) atoms. The average molecular weight is 327 g/mol. The van der Waals surface area contributed by atoms with Gasteiger partial charge in [-0.1, -0.05) is 30.3 Å². The van der Waals surface area contributed by atoms with Gasteiger partial charge in [0.25, 0.3) is 5.91 Å². The molecule has 0 saturated carbocycles. The molecule has 0 radical (unpaired) electrons. The Morgan fingerprint density at radius 3 is 2.25 bits per heavy atom. The van der Waals surface area contributed by atoms with Gasteiger partial charge >= 0.3 is 5.97 Å². The number of nitrogens with one attached hydrogen (secondary N) is 1. The van der Waals surface area contributed by atoms with Crippen LogP contribution in [0.15, 0.2) is 54.6 Å². The highest BCUT2D eigenvalue weighted by Gasteiger charge is 2.18. The standard InChI is InChI=1S/C19H21NO4/c1-19(2,3)24-17(21)13-23-16-12-8-7-11-15(16)18(22)20-14-9-5-4-6-10-14/h4-12H,13H2,1-3H3,(H,20,22). The Morgan fingerprint density at radius 1 is 0.958 bits per heavy atom. The van der Waals surface area contributed by atoms with Crippen molar-refractivity contribution < 1.29 is 19.1 Å². The SMILES string of the molecule is CC(C)(C)OC(=O)COc1ccccc1C(=O)Nc1ccccc1. The summed E-state index contributed by atoms with van der Waals surface area (Å²) in [6.07, 6.45) is 0. The highest BCUT2D eigenvalue weighted by molar-refractivity contribution is 6.06. The van der Waals surface area contributed by atoms with Gasteiger partial charge in [-0.3, -0.25) is 4.79 Å². The lowest BCUT2D eigenvalue weighted by Crippen LogP contribution is -2.27. The van der Waals surface area contributed by atoms with E-state index in [0.717, 1.165) is 0 Å². The largest absolute Gasteiger partial charge is 0.481 e. The fraction of sp³-hybridized carbons (Fsp3) is 0.263. The van der Waals surface area contributed by atoms with Gasteiger partial charge in [0.1, 0.15) is 11.4 Å². The van der Waals surface area contributed by atoms with Crippen molar-refractivity contribution in [3.63, 3.8) is 0 Å². The zero-order valence-corrected chi connectivity index (χ0v) is 14.0. The topological polar surface area (TPSA) is 64.6 Å². The lowest BCUT2D eigenvalue weighted by atomic mass is 10.2. The summed E-state index contributed by atoms with van der Waals surface area (Å²) in [6.45, 7) is 5.09. The number of esters is 1. The molecule has 0 atom stereocenters. The molecule has 0 aliphatic carbocycles. The number of anilines is 1. The van der Waals surface area contributed by atoms with E-state index in [9.17, 15) is 9.59 Å². The van der Waals surface area contributed by atoms with Crippen LogP contribution in [0.3, 0.4) is 0 Å². The Morgan fingerprint density at radius 2 is 1.58 bits per heavy atom. The van der Waals surface area contributed by atoms with Crippen molar-refractivity contribution in [2.45, 2.75) is 26.4 Å². The maximum atomic E-state index is 12.4. The van der Waals surface area contributed by atoms with Crippen LogP contribution in [0, 0.1) is 0 Å². The van der Waals surface area contributed by atoms with Crippen molar-refractivity contribution in [1.29, 1.82) is 0 Å². The first-order valence-electron chi connectivity index (χ1n) is 7.65. The fourth-order valence-electron chi connectivity index (χ4n) is 2.01. The fourth-order valence-corrected chi connectivity index (χ4v) is 2.01. The van der Waals surface area contributed by atoms with Gasteiger partial charge in [0.05, 0.1) is 5.56 Å². The molecule has 0 saturated heterocycles. The summed E-state index contributed by atoms with van der Waals surface area (Å²) < 4.78 is 10.7. The van der Waals surface area contributed by atoms with Gasteiger partial charge in [0, 0.05) is 5.69 Å². The third-order valence-corrected chi connectivity index (χ3v) is 2.93. The Bertz CT molecular complexity index is 705. The van der Waals surface area contributed by atoms with Crippen LogP contribution in [0.4, 0.5) is 5.69 Å². The summed E-state index contributed by atoms with van der Waals surface area (Å²) in [5.41, 5.74) is 0.458. The van der Waals surface area contributed by atoms with Crippen LogP contribution in [-0.4, -0.2) is 24.1 Å². The molecule has 0 aliphatic heterocycles. The average Bonchev–Trinajstić information content (AvgIpc) is 2.52. The lowest BCUT2D eigenvalue weighted by molar-refractivity contribution is -0.157. The number of rotatable bonds is 5. The first-order chi connectivity index (χ1) is 11.3. The molecule has 0 unspecified atom stereocenters. The number of hydrogen-bond acceptors (Lipinski definition) is 4. The van der Waals surface area contributed by atoms with Crippen molar-refractivity contribution >= 4 is 17.6 Å². The molecule has 0 heterocycles. The molecule has 0 fully saturated rings. The minimum atomic E-state index is -0.579. The van der Waals surface area contributed by atoms with Gasteiger partial charge in [-0.25, -0.2) is 4.79 Å². The van der Waals surface area contributed by atoms with Gasteiger partial charge in [-0.05, 0) is 45.0 Å². The van der Waals surface area contributed by atoms with E-state index in [-0.39, 0.29) is 12.5 Å². The zero-order valence-electron chi connectivity index (χ0n) is 14.0. The summed E-state index contributed by atoms with van der Waals surface area (Å²) in [6, 6.07) is 15.9. The van der Waals surface area contributed by atoms with E-state index in [1.54, 1.807) is 57.2 Å². The summed E-state index contributed by atoms with van der Waals surface area (Å²) in [7, 11) is 0. The van der Waals surface area contributed by atoms with Crippen molar-refractivity contribution in [3.8, 4) is 5.75 Å². The van der Waals surface area contributed by atoms with E-state index < -0.39 is 11.6 Å². The van der Waals surface area contributed by atoms with Crippen LogP contribution < -0.4 is 10.1 Å². The van der Waals surface area contributed by atoms with Crippen LogP contribution in [0.2, 0.25) is 0 Å². The van der Waals surface area contributed by atoms with Crippen LogP contribution >= 0.6 is 0 Å². The number of hydrogen-bond donors (Lipinski definition) is 1. The van der Waals surface area contributed by atoms with E-state index in [1.807, 2.05) is 18.2 Å². The second kappa shape index (κ2) is 7.64. The van der Waals surface area contributed by atoms with Gasteiger partial charge in [-0.2, -0.15) is 0 Å². The predicted octanol–water partition coefficient (Wildman–Crippen LogP) is 3.66. The van der Waals surface area contributed by atoms with Crippen LogP contribution in [0.5, 0.6) is 5.75 Å². The monoisotopic (exact) mass is 327 g/mol. The highest BCUT2D eigenvalue weighted by Crippen LogP contribution is 2.20. The van der Waals surface area contributed by atoms with E-state index in [0.29, 0.717) is 17.0 Å². The lowest BCUT2D eigenvalue weighted by Gasteiger charge is -2.19. The van der Waals surface area contributed by atoms with E-state index in [2.05, 4.69) is 5.32 Å². The predicted molar refractivity (Wildman–Crippen MR) is 92.2 cm³/mol. The molecule has 126 valence electrons. The molecule has 0 spiro atoms. The first kappa shape index (κ1) is 17.5. The van der Waals surface area contributed by atoms with E-state index in [4.69, 9.17) is 9.47 Å². The van der Waals surface area contributed by atoms with Crippen LogP contribution in [0.1, 0.15) is 31.1 Å². The number of carbonyl (C=O) groups excluding carboxylic acids is 2. The molecule has 0 aromatic heterocycles. The van der Waals surface area contributed by atoms with Crippen LogP contribution in [-0.2, 0) is 9.53 Å². The summed E-state index contributed by atoms with van der Waals surface area (Å²) in [5, 5.41) is 2.79. The van der Waals surface area contributed by atoms with Gasteiger partial charge in [0.2, 0.25) is 0 Å². The van der Waals surface area contributed by atoms with Gasteiger partial charge < -0.3 is 14.8 Å². The number of para-hydroxylation sites is 2. The summed E-state index contributed by atoms with van der Waals surface area (Å²) in [5.74, 6) is -0.460. The van der Waals surface area contributed by atoms with Crippen LogP contribution in [0.25, 0.3) is 0 Å². The Kier molecular flexibility index (Phi) is 5.58. The minimum Gasteiger partial charge on any atom is -0.481 e. The summed E-state index contributed by atoms with van der Waals surface area (Å²) >= 11 is 0. The quantitative estimate of drug-likeness (QED) is 0.851. The molecule has 1 N–H and O–H groups in total. The first-order valence-corrected chi connectivity index (χ1v) is 7.65. The van der Waals surface area contributed by atoms with Crippen molar-refractivity contribution in [3.05, 3.63) is 60.2 Å². The Labute approximate surface area is 141 Å². The maximum absolute atomic E-state index is 12.4. The maximum Gasteiger partial charge on any atom is 0.344 e. The van der Waals surface area contributed by atoms with Gasteiger partial charge in [0.15, 0.2) is 6.61 Å². The number of benzene rings is 2. The second-order valence-corrected chi connectivity index (χ2v) is 6.19. The zero-order chi connectivity index (χ0) is 17.6. The third kappa shape index (κ3) is 5.43. The molecule has 5 heteroatoms. The second-order valence-electron chi connectivity index (χ2n) is 6.19. The van der Waals surface area contributed by atoms with E-state index in [1.165, 1.54) is 0 Å². The van der Waals surface area contributed by atoms with E-state index >= 15 is 0 Å². The van der Waals surface area contributed by atoms with Crippen molar-refractivity contribution in [2.75, 3.05) is 11.9 Å². The number of amides is 1. The normalized spacial score (nSPS) is 10.8. The smallest absolute Gasteiger partial charge is 0.344 e. The molecular formula is C19H21NO4. The minimum absolute atomic E-state index is 0.257. The molecule has 5 nitrogen and oxygen atoms in total. The summed E-state index contributed by atoms with van der Waals surface area (Å²) in [4.78, 5) is 24.2. The molecule has 2 aromatic rings. The molecule has 0 bridgehead atoms. The van der Waals surface area contributed by atoms with Crippen molar-refractivity contribution in [1.82, 2.24) is 0 Å². The third-order valence-electron chi connectivity index (χ3n) is 2.93. The Hall–Kier alpha value is -2.82. The molecule has 0 aliphatic rings. The molecule has 2 rings (SSSR count). The van der Waals surface area contributed by atoms with Gasteiger partial charge in [-0.15, -0.1) is 0 Å². The molecule has 2 aromatic carbocycles. The Balaban J connectivity index is 2.04. The molecular weight excluding hydrogens is 306 g/mol. The van der Waals surface area contributed by atoms with Crippen molar-refractivity contribution in [2.24, 2.45) is 0 Å². The number of carbonyl (C=O) groups is 2. The number of ether oxygens (including phenoxy) is 2. The highest BCUT2D eigenvalue weighted by atomic mass is 16.6.